The number of nitrogens with zero attached hydrogens (tertiary/aromatic N) is 1. The predicted molar refractivity (Wildman–Crippen MR) is 87.2 cm³/mol. The second kappa shape index (κ2) is 6.73. The van der Waals surface area contributed by atoms with Crippen molar-refractivity contribution in [3.8, 4) is 0 Å². The largest absolute Gasteiger partial charge is 0.338 e. The lowest BCUT2D eigenvalue weighted by Crippen LogP contribution is -2.27. The van der Waals surface area contributed by atoms with Crippen LogP contribution in [0, 0.1) is 17.8 Å². The zero-order valence-electron chi connectivity index (χ0n) is 11.7. The highest BCUT2D eigenvalue weighted by Crippen LogP contribution is 2.32. The van der Waals surface area contributed by atoms with E-state index < -0.39 is 0 Å². The molecule has 2 nitrogen and oxygen atoms in total. The van der Waals surface area contributed by atoms with Gasteiger partial charge in [-0.3, -0.25) is 4.79 Å². The van der Waals surface area contributed by atoms with E-state index in [9.17, 15) is 4.79 Å². The topological polar surface area (TPSA) is 20.3 Å². The Bertz CT molecular complexity index is 418. The van der Waals surface area contributed by atoms with Gasteiger partial charge in [0, 0.05) is 23.4 Å². The highest BCUT2D eigenvalue weighted by Gasteiger charge is 2.39. The van der Waals surface area contributed by atoms with E-state index in [4.69, 9.17) is 0 Å². The molecule has 0 unspecified atom stereocenters. The minimum atomic E-state index is 0.237. The van der Waals surface area contributed by atoms with Crippen molar-refractivity contribution in [2.24, 2.45) is 17.8 Å². The Balaban J connectivity index is 2.05. The molecule has 0 aliphatic carbocycles. The van der Waals surface area contributed by atoms with Crippen LogP contribution >= 0.6 is 22.6 Å². The highest BCUT2D eigenvalue weighted by atomic mass is 127. The number of hydrogen-bond donors (Lipinski definition) is 0. The Hall–Kier alpha value is -0.580. The van der Waals surface area contributed by atoms with Gasteiger partial charge in [-0.25, -0.2) is 0 Å². The third-order valence-corrected chi connectivity index (χ3v) is 4.92. The molecule has 0 radical (unpaired) electrons. The molecular weight excluding hydrogens is 349 g/mol. The SMILES string of the molecule is CC(C)C[C@H]1C(=O)N(Cc2ccccc2)C[C@@H]1CI. The Morgan fingerprint density at radius 3 is 2.58 bits per heavy atom. The van der Waals surface area contributed by atoms with E-state index in [1.807, 2.05) is 23.1 Å². The first-order valence-corrected chi connectivity index (χ1v) is 8.53. The third-order valence-electron chi connectivity index (χ3n) is 3.79. The maximum Gasteiger partial charge on any atom is 0.226 e. The summed E-state index contributed by atoms with van der Waals surface area (Å²) in [5, 5.41) is 0. The first-order chi connectivity index (χ1) is 9.11. The normalized spacial score (nSPS) is 23.4. The molecular formula is C16H22INO. The summed E-state index contributed by atoms with van der Waals surface area (Å²) in [6.07, 6.45) is 1.03. The Morgan fingerprint density at radius 1 is 1.32 bits per heavy atom. The lowest BCUT2D eigenvalue weighted by Gasteiger charge is -2.17. The molecule has 0 saturated carbocycles. The van der Waals surface area contributed by atoms with Gasteiger partial charge in [0.25, 0.3) is 0 Å². The van der Waals surface area contributed by atoms with Crippen molar-refractivity contribution in [2.75, 3.05) is 11.0 Å². The smallest absolute Gasteiger partial charge is 0.226 e. The summed E-state index contributed by atoms with van der Waals surface area (Å²) in [6.45, 7) is 6.10. The van der Waals surface area contributed by atoms with E-state index >= 15 is 0 Å². The molecule has 2 atom stereocenters. The molecule has 0 spiro atoms. The summed E-state index contributed by atoms with van der Waals surface area (Å²) < 4.78 is 1.08. The summed E-state index contributed by atoms with van der Waals surface area (Å²) in [5.41, 5.74) is 1.23. The van der Waals surface area contributed by atoms with E-state index in [0.717, 1.165) is 23.9 Å². The highest BCUT2D eigenvalue weighted by molar-refractivity contribution is 14.1. The lowest BCUT2D eigenvalue weighted by atomic mass is 9.89. The number of carbonyl (C=O) groups is 1. The van der Waals surface area contributed by atoms with Crippen LogP contribution in [-0.2, 0) is 11.3 Å². The molecule has 1 aromatic rings. The number of carbonyl (C=O) groups excluding carboxylic acids is 1. The van der Waals surface area contributed by atoms with Crippen LogP contribution < -0.4 is 0 Å². The lowest BCUT2D eigenvalue weighted by molar-refractivity contribution is -0.132. The van der Waals surface area contributed by atoms with Gasteiger partial charge in [0.1, 0.15) is 0 Å². The quantitative estimate of drug-likeness (QED) is 0.571. The summed E-state index contributed by atoms with van der Waals surface area (Å²) >= 11 is 2.42. The fourth-order valence-electron chi connectivity index (χ4n) is 2.84. The molecule has 0 aromatic heterocycles. The van der Waals surface area contributed by atoms with Crippen molar-refractivity contribution in [3.05, 3.63) is 35.9 Å². The van der Waals surface area contributed by atoms with Crippen molar-refractivity contribution < 1.29 is 4.79 Å². The molecule has 2 rings (SSSR count). The molecule has 0 bridgehead atoms. The Morgan fingerprint density at radius 2 is 2.00 bits per heavy atom. The van der Waals surface area contributed by atoms with Crippen LogP contribution in [-0.4, -0.2) is 21.8 Å². The van der Waals surface area contributed by atoms with Crippen molar-refractivity contribution in [2.45, 2.75) is 26.8 Å². The van der Waals surface area contributed by atoms with Gasteiger partial charge in [-0.1, -0.05) is 66.8 Å². The van der Waals surface area contributed by atoms with Crippen LogP contribution in [0.4, 0.5) is 0 Å². The van der Waals surface area contributed by atoms with Gasteiger partial charge < -0.3 is 4.90 Å². The van der Waals surface area contributed by atoms with Crippen molar-refractivity contribution >= 4 is 28.5 Å². The van der Waals surface area contributed by atoms with Crippen LogP contribution in [0.2, 0.25) is 0 Å². The van der Waals surface area contributed by atoms with E-state index in [2.05, 4.69) is 48.6 Å². The number of likely N-dealkylation sites (tertiary alicyclic amines) is 1. The van der Waals surface area contributed by atoms with Crippen LogP contribution in [0.5, 0.6) is 0 Å². The summed E-state index contributed by atoms with van der Waals surface area (Å²) in [5.74, 6) is 1.72. The van der Waals surface area contributed by atoms with Gasteiger partial charge in [-0.05, 0) is 23.8 Å². The number of benzene rings is 1. The molecule has 104 valence electrons. The molecule has 1 fully saturated rings. The van der Waals surface area contributed by atoms with Gasteiger partial charge in [-0.15, -0.1) is 0 Å². The monoisotopic (exact) mass is 371 g/mol. The second-order valence-corrected chi connectivity index (χ2v) is 6.74. The number of hydrogen-bond acceptors (Lipinski definition) is 1. The minimum Gasteiger partial charge on any atom is -0.338 e. The van der Waals surface area contributed by atoms with Crippen LogP contribution in [0.25, 0.3) is 0 Å². The molecule has 1 amide bonds. The van der Waals surface area contributed by atoms with Gasteiger partial charge in [0.2, 0.25) is 5.91 Å². The molecule has 0 N–H and O–H groups in total. The van der Waals surface area contributed by atoms with E-state index in [1.54, 1.807) is 0 Å². The van der Waals surface area contributed by atoms with Crippen molar-refractivity contribution in [3.63, 3.8) is 0 Å². The maximum atomic E-state index is 12.5. The van der Waals surface area contributed by atoms with Crippen molar-refractivity contribution in [1.29, 1.82) is 0 Å². The van der Waals surface area contributed by atoms with Crippen molar-refractivity contribution in [1.82, 2.24) is 4.90 Å². The second-order valence-electron chi connectivity index (χ2n) is 5.85. The summed E-state index contributed by atoms with van der Waals surface area (Å²) in [4.78, 5) is 14.6. The number of halogens is 1. The number of amides is 1. The fraction of sp³-hybridized carbons (Fsp3) is 0.562. The predicted octanol–water partition coefficient (Wildman–Crippen LogP) is 3.74. The zero-order valence-corrected chi connectivity index (χ0v) is 13.8. The minimum absolute atomic E-state index is 0.237. The average molecular weight is 371 g/mol. The third kappa shape index (κ3) is 3.71. The standard InChI is InChI=1S/C16H22INO/c1-12(2)8-15-14(9-17)11-18(16(15)19)10-13-6-4-3-5-7-13/h3-7,12,14-15H,8-11H2,1-2H3/t14-,15+/m0/s1. The van der Waals surface area contributed by atoms with Crippen LogP contribution in [0.3, 0.4) is 0 Å². The van der Waals surface area contributed by atoms with Crippen LogP contribution in [0.15, 0.2) is 30.3 Å². The van der Waals surface area contributed by atoms with Gasteiger partial charge >= 0.3 is 0 Å². The zero-order chi connectivity index (χ0) is 13.8. The molecule has 1 aliphatic heterocycles. The van der Waals surface area contributed by atoms with E-state index in [0.29, 0.717) is 17.7 Å². The van der Waals surface area contributed by atoms with E-state index in [1.165, 1.54) is 5.56 Å². The molecule has 1 aromatic carbocycles. The average Bonchev–Trinajstić information content (AvgIpc) is 2.68. The fourth-order valence-corrected chi connectivity index (χ4v) is 3.73. The first-order valence-electron chi connectivity index (χ1n) is 7.00. The first kappa shape index (κ1) is 14.8. The molecule has 1 heterocycles. The molecule has 3 heteroatoms. The number of rotatable bonds is 5. The van der Waals surface area contributed by atoms with Crippen LogP contribution in [0.1, 0.15) is 25.8 Å². The van der Waals surface area contributed by atoms with E-state index in [-0.39, 0.29) is 5.92 Å². The Labute approximate surface area is 129 Å². The van der Waals surface area contributed by atoms with Gasteiger partial charge in [0.15, 0.2) is 0 Å². The summed E-state index contributed by atoms with van der Waals surface area (Å²) in [6, 6.07) is 10.3. The molecule has 19 heavy (non-hydrogen) atoms. The maximum absolute atomic E-state index is 12.5. The summed E-state index contributed by atoms with van der Waals surface area (Å²) in [7, 11) is 0. The molecule has 1 saturated heterocycles. The van der Waals surface area contributed by atoms with Gasteiger partial charge in [0.05, 0.1) is 0 Å². The number of alkyl halides is 1. The molecule has 1 aliphatic rings. The van der Waals surface area contributed by atoms with Gasteiger partial charge in [-0.2, -0.15) is 0 Å². The Kier molecular flexibility index (Phi) is 5.25.